The lowest BCUT2D eigenvalue weighted by atomic mass is 9.99. The minimum Gasteiger partial charge on any atom is -0.508 e. The van der Waals surface area contributed by atoms with Gasteiger partial charge >= 0.3 is 0 Å². The van der Waals surface area contributed by atoms with Crippen molar-refractivity contribution in [2.75, 3.05) is 6.61 Å². The van der Waals surface area contributed by atoms with E-state index in [4.69, 9.17) is 10.5 Å². The van der Waals surface area contributed by atoms with E-state index in [0.717, 1.165) is 11.1 Å². The third kappa shape index (κ3) is 1.07. The van der Waals surface area contributed by atoms with Crippen LogP contribution < -0.4 is 5.73 Å². The Labute approximate surface area is 70.8 Å². The summed E-state index contributed by atoms with van der Waals surface area (Å²) in [5.74, 6) is 0.280. The van der Waals surface area contributed by atoms with Gasteiger partial charge in [0, 0.05) is 5.56 Å². The number of hydrogen-bond donors (Lipinski definition) is 2. The average molecular weight is 165 g/mol. The van der Waals surface area contributed by atoms with Crippen molar-refractivity contribution in [1.82, 2.24) is 0 Å². The summed E-state index contributed by atoms with van der Waals surface area (Å²) in [6.07, 6.45) is 0. The van der Waals surface area contributed by atoms with Gasteiger partial charge in [0.05, 0.1) is 19.3 Å². The first-order chi connectivity index (χ1) is 5.79. The Kier molecular flexibility index (Phi) is 1.75. The predicted octanol–water partition coefficient (Wildman–Crippen LogP) is 0.922. The van der Waals surface area contributed by atoms with Crippen LogP contribution in [0.1, 0.15) is 17.2 Å². The van der Waals surface area contributed by atoms with Gasteiger partial charge in [-0.1, -0.05) is 12.1 Å². The van der Waals surface area contributed by atoms with Crippen LogP contribution in [0.4, 0.5) is 0 Å². The molecule has 0 saturated carbocycles. The van der Waals surface area contributed by atoms with Crippen LogP contribution >= 0.6 is 0 Å². The summed E-state index contributed by atoms with van der Waals surface area (Å²) in [7, 11) is 0. The van der Waals surface area contributed by atoms with Crippen molar-refractivity contribution in [3.8, 4) is 5.75 Å². The van der Waals surface area contributed by atoms with Crippen LogP contribution in [0.2, 0.25) is 0 Å². The number of phenols is 1. The molecule has 1 aromatic rings. The summed E-state index contributed by atoms with van der Waals surface area (Å²) in [6, 6.07) is 5.29. The van der Waals surface area contributed by atoms with E-state index in [1.54, 1.807) is 12.1 Å². The Morgan fingerprint density at radius 1 is 1.50 bits per heavy atom. The second kappa shape index (κ2) is 2.77. The number of nitrogens with two attached hydrogens (primary N) is 1. The first-order valence-corrected chi connectivity index (χ1v) is 3.93. The normalized spacial score (nSPS) is 21.9. The topological polar surface area (TPSA) is 55.5 Å². The molecule has 64 valence electrons. The number of hydrogen-bond acceptors (Lipinski definition) is 3. The van der Waals surface area contributed by atoms with Gasteiger partial charge in [-0.15, -0.1) is 0 Å². The fraction of sp³-hybridized carbons (Fsp3) is 0.333. The Balaban J connectivity index is 2.52. The highest BCUT2D eigenvalue weighted by molar-refractivity contribution is 5.41. The maximum atomic E-state index is 9.44. The van der Waals surface area contributed by atoms with Crippen LogP contribution in [0.3, 0.4) is 0 Å². The number of ether oxygens (including phenoxy) is 1. The summed E-state index contributed by atoms with van der Waals surface area (Å²) in [5.41, 5.74) is 7.61. The molecule has 1 heterocycles. The molecule has 0 aliphatic carbocycles. The molecule has 1 aliphatic rings. The Morgan fingerprint density at radius 3 is 3.08 bits per heavy atom. The average Bonchev–Trinajstić information content (AvgIpc) is 2.07. The summed E-state index contributed by atoms with van der Waals surface area (Å²) >= 11 is 0. The quantitative estimate of drug-likeness (QED) is 0.601. The highest BCUT2D eigenvalue weighted by Crippen LogP contribution is 2.29. The molecule has 2 rings (SSSR count). The molecule has 0 fully saturated rings. The van der Waals surface area contributed by atoms with E-state index in [1.165, 1.54) is 0 Å². The Hall–Kier alpha value is -1.06. The maximum Gasteiger partial charge on any atom is 0.121 e. The smallest absolute Gasteiger partial charge is 0.121 e. The van der Waals surface area contributed by atoms with Gasteiger partial charge in [0.2, 0.25) is 0 Å². The lowest BCUT2D eigenvalue weighted by molar-refractivity contribution is 0.0904. The van der Waals surface area contributed by atoms with E-state index >= 15 is 0 Å². The minimum atomic E-state index is -0.0964. The molecule has 0 bridgehead atoms. The Morgan fingerprint density at radius 2 is 2.33 bits per heavy atom. The van der Waals surface area contributed by atoms with Crippen molar-refractivity contribution in [2.24, 2.45) is 5.73 Å². The van der Waals surface area contributed by atoms with Crippen LogP contribution in [0, 0.1) is 0 Å². The molecule has 3 nitrogen and oxygen atoms in total. The number of rotatable bonds is 0. The first kappa shape index (κ1) is 7.58. The largest absolute Gasteiger partial charge is 0.508 e. The highest BCUT2D eigenvalue weighted by Gasteiger charge is 2.18. The van der Waals surface area contributed by atoms with Crippen molar-refractivity contribution in [3.63, 3.8) is 0 Å². The number of fused-ring (bicyclic) bond motifs is 1. The first-order valence-electron chi connectivity index (χ1n) is 3.93. The van der Waals surface area contributed by atoms with Crippen molar-refractivity contribution in [2.45, 2.75) is 12.6 Å². The monoisotopic (exact) mass is 165 g/mol. The molecule has 0 unspecified atom stereocenters. The van der Waals surface area contributed by atoms with Gasteiger partial charge in [-0.05, 0) is 11.6 Å². The van der Waals surface area contributed by atoms with Gasteiger partial charge < -0.3 is 15.6 Å². The third-order valence-corrected chi connectivity index (χ3v) is 2.13. The molecule has 0 spiro atoms. The zero-order chi connectivity index (χ0) is 8.55. The van der Waals surface area contributed by atoms with Crippen LogP contribution in [0.25, 0.3) is 0 Å². The lowest BCUT2D eigenvalue weighted by Crippen LogP contribution is -2.23. The second-order valence-corrected chi connectivity index (χ2v) is 2.97. The SMILES string of the molecule is N[C@@H]1COCc2c(O)cccc21. The number of aromatic hydroxyl groups is 1. The van der Waals surface area contributed by atoms with E-state index in [0.29, 0.717) is 13.2 Å². The van der Waals surface area contributed by atoms with Gasteiger partial charge in [-0.3, -0.25) is 0 Å². The zero-order valence-corrected chi connectivity index (χ0v) is 6.66. The van der Waals surface area contributed by atoms with Gasteiger partial charge in [-0.2, -0.15) is 0 Å². The fourth-order valence-corrected chi connectivity index (χ4v) is 1.47. The third-order valence-electron chi connectivity index (χ3n) is 2.13. The predicted molar refractivity (Wildman–Crippen MR) is 44.7 cm³/mol. The van der Waals surface area contributed by atoms with Gasteiger partial charge in [0.25, 0.3) is 0 Å². The summed E-state index contributed by atoms with van der Waals surface area (Å²) in [4.78, 5) is 0. The molecule has 3 heteroatoms. The molecule has 1 aliphatic heterocycles. The minimum absolute atomic E-state index is 0.0964. The molecular formula is C9H11NO2. The van der Waals surface area contributed by atoms with Crippen molar-refractivity contribution in [1.29, 1.82) is 0 Å². The van der Waals surface area contributed by atoms with Crippen LogP contribution in [0.5, 0.6) is 5.75 Å². The second-order valence-electron chi connectivity index (χ2n) is 2.97. The highest BCUT2D eigenvalue weighted by atomic mass is 16.5. The lowest BCUT2D eigenvalue weighted by Gasteiger charge is -2.22. The molecule has 3 N–H and O–H groups in total. The molecule has 12 heavy (non-hydrogen) atoms. The van der Waals surface area contributed by atoms with Crippen molar-refractivity contribution >= 4 is 0 Å². The van der Waals surface area contributed by atoms with Gasteiger partial charge in [0.15, 0.2) is 0 Å². The van der Waals surface area contributed by atoms with E-state index in [2.05, 4.69) is 0 Å². The molecular weight excluding hydrogens is 154 g/mol. The molecule has 1 atom stereocenters. The van der Waals surface area contributed by atoms with Crippen LogP contribution in [-0.4, -0.2) is 11.7 Å². The molecule has 0 amide bonds. The zero-order valence-electron chi connectivity index (χ0n) is 6.66. The van der Waals surface area contributed by atoms with E-state index in [9.17, 15) is 5.11 Å². The number of benzene rings is 1. The summed E-state index contributed by atoms with van der Waals surface area (Å²) < 4.78 is 5.20. The van der Waals surface area contributed by atoms with Gasteiger partial charge in [-0.25, -0.2) is 0 Å². The fourth-order valence-electron chi connectivity index (χ4n) is 1.47. The van der Waals surface area contributed by atoms with E-state index < -0.39 is 0 Å². The van der Waals surface area contributed by atoms with Crippen molar-refractivity contribution in [3.05, 3.63) is 29.3 Å². The molecule has 0 saturated heterocycles. The van der Waals surface area contributed by atoms with Crippen molar-refractivity contribution < 1.29 is 9.84 Å². The summed E-state index contributed by atoms with van der Waals surface area (Å²) in [6.45, 7) is 1.01. The van der Waals surface area contributed by atoms with Crippen LogP contribution in [0.15, 0.2) is 18.2 Å². The van der Waals surface area contributed by atoms with Gasteiger partial charge in [0.1, 0.15) is 5.75 Å². The van der Waals surface area contributed by atoms with E-state index in [1.807, 2.05) is 6.07 Å². The maximum absolute atomic E-state index is 9.44. The molecule has 0 radical (unpaired) electrons. The standard InChI is InChI=1S/C9H11NO2/c10-8-5-12-4-7-6(8)2-1-3-9(7)11/h1-3,8,11H,4-5,10H2/t8-/m1/s1. The molecule has 0 aromatic heterocycles. The van der Waals surface area contributed by atoms with Crippen LogP contribution in [-0.2, 0) is 11.3 Å². The Bertz CT molecular complexity index is 299. The number of phenolic OH excluding ortho intramolecular Hbond substituents is 1. The summed E-state index contributed by atoms with van der Waals surface area (Å²) in [5, 5.41) is 9.44. The molecule has 1 aromatic carbocycles. The van der Waals surface area contributed by atoms with E-state index in [-0.39, 0.29) is 11.8 Å².